The number of rotatable bonds is 2. The number of carboxylic acids is 1. The predicted molar refractivity (Wildman–Crippen MR) is 312 cm³/mol. The minimum atomic E-state index is -5.08. The van der Waals surface area contributed by atoms with Gasteiger partial charge < -0.3 is 70.1 Å². The third kappa shape index (κ3) is 48.8. The van der Waals surface area contributed by atoms with Gasteiger partial charge in [-0.1, -0.05) is 21.3 Å². The number of amides is 4. The van der Waals surface area contributed by atoms with E-state index in [1.54, 1.807) is 65.2 Å². The van der Waals surface area contributed by atoms with Crippen molar-refractivity contribution in [3.63, 3.8) is 0 Å². The number of hydrogen-bond donors (Lipinski definition) is 5. The summed E-state index contributed by atoms with van der Waals surface area (Å²) in [6, 6.07) is 0. The number of aliphatic hydroxyl groups excluding tert-OH is 3. The van der Waals surface area contributed by atoms with Gasteiger partial charge in [-0.05, 0) is 135 Å². The summed E-state index contributed by atoms with van der Waals surface area (Å²) in [7, 11) is -1.54. The Hall–Kier alpha value is -3.87. The third-order valence-corrected chi connectivity index (χ3v) is 10.9. The number of hydrogen-bond acceptors (Lipinski definition) is 16. The van der Waals surface area contributed by atoms with Crippen LogP contribution in [0.2, 0.25) is 19.6 Å². The zero-order valence-corrected chi connectivity index (χ0v) is 56.0. The van der Waals surface area contributed by atoms with E-state index in [2.05, 4.69) is 25.0 Å². The first-order valence-corrected chi connectivity index (χ1v) is 30.6. The van der Waals surface area contributed by atoms with Crippen LogP contribution in [0, 0.1) is 0 Å². The second-order valence-electron chi connectivity index (χ2n) is 23.7. The summed E-state index contributed by atoms with van der Waals surface area (Å²) in [5, 5.41) is 35.4. The van der Waals surface area contributed by atoms with Crippen molar-refractivity contribution >= 4 is 58.6 Å². The van der Waals surface area contributed by atoms with Crippen LogP contribution < -0.4 is 34.9 Å². The van der Waals surface area contributed by atoms with Crippen molar-refractivity contribution in [3.05, 3.63) is 11.8 Å². The molecule has 5 N–H and O–H groups in total. The molecule has 21 nitrogen and oxygen atoms in total. The minimum absolute atomic E-state index is 0. The van der Waals surface area contributed by atoms with Gasteiger partial charge in [0.05, 0.1) is 31.1 Å². The summed E-state index contributed by atoms with van der Waals surface area (Å²) < 4.78 is 103. The molecular weight excluding hydrogens is 1160 g/mol. The van der Waals surface area contributed by atoms with E-state index in [4.69, 9.17) is 50.0 Å². The molecule has 0 bridgehead atoms. The fraction of sp³-hybridized carbons (Fsp3) is 0.836. The molecule has 5 aliphatic rings. The van der Waals surface area contributed by atoms with E-state index < -0.39 is 91.6 Å². The van der Waals surface area contributed by atoms with Gasteiger partial charge in [0.15, 0.2) is 12.0 Å². The molecule has 0 aromatic rings. The maximum absolute atomic E-state index is 13.1. The number of alkyl halides is 6. The molecule has 5 aliphatic heterocycles. The molecule has 0 aromatic heterocycles. The molecule has 0 saturated carbocycles. The Kier molecular flexibility index (Phi) is 46.2. The maximum Gasteiger partial charge on any atom is 1.00 e. The standard InChI is InChI=1S/C13H25NO3Si.C10H18FNO3.C10H16FNO3.C10H17NO3.C5H10FNO.C2HF3O2.C2H6O.C2H6.CH4.B.Na.H/c1-13(2,3)16-12(15)14-9-7-11(8-10-14)17-18(4,5)6;2*1-10(2,3)15-9(14)12-5-4-8(13)7(11)6-12;1-10(2,3)14-9(13)11-6-4-8(12)5-7-11;6-4-3-7-2-1-5(4)8;3-2(4,5)1(6)7;1-2-3;1-2;;;;/h7H,8-10H2,1-6H3;7-8,13H,4-6H2,1-3H3;7H,4-6H2,1-3H3;4-7H2,1-3H3;4-5,7-8H,1-3H2;(H,6,7);3H,2H2,1H3;1-2H3;1H4;;;/q;;;;;;;;;;+1;-1/i;;;;;;;1D;;;;. The van der Waals surface area contributed by atoms with Gasteiger partial charge in [-0.2, -0.15) is 13.2 Å². The van der Waals surface area contributed by atoms with Crippen LogP contribution in [-0.2, 0) is 37.8 Å². The summed E-state index contributed by atoms with van der Waals surface area (Å²) in [4.78, 5) is 82.9. The first-order valence-electron chi connectivity index (χ1n) is 27.9. The first-order chi connectivity index (χ1) is 37.6. The number of aliphatic carboxylic acids is 1. The first kappa shape index (κ1) is 89.9. The smallest absolute Gasteiger partial charge is 1.00 e. The number of likely N-dealkylation sites (tertiary alicyclic amines) is 3. The molecule has 495 valence electrons. The van der Waals surface area contributed by atoms with Crippen molar-refractivity contribution in [2.45, 2.75) is 229 Å². The van der Waals surface area contributed by atoms with Crippen molar-refractivity contribution in [3.8, 4) is 0 Å². The van der Waals surface area contributed by atoms with Gasteiger partial charge >= 0.3 is 66.1 Å². The van der Waals surface area contributed by atoms with Crippen LogP contribution >= 0.6 is 0 Å². The van der Waals surface area contributed by atoms with Crippen LogP contribution in [0.15, 0.2) is 11.8 Å². The van der Waals surface area contributed by atoms with Crippen LogP contribution in [0.1, 0.15) is 153 Å². The number of halogens is 6. The van der Waals surface area contributed by atoms with Gasteiger partial charge in [0.1, 0.15) is 40.5 Å². The fourth-order valence-corrected chi connectivity index (χ4v) is 7.34. The molecule has 5 heterocycles. The second-order valence-corrected chi connectivity index (χ2v) is 28.1. The number of carbonyl (C=O) groups excluding carboxylic acids is 6. The molecular formula is C55H104BF6N5NaO16Si. The molecule has 0 aromatic carbocycles. The Morgan fingerprint density at radius 3 is 1.33 bits per heavy atom. The molecule has 5 rings (SSSR count). The van der Waals surface area contributed by atoms with Crippen LogP contribution in [0.5, 0.6) is 0 Å². The maximum atomic E-state index is 13.1. The molecule has 3 radical (unpaired) electrons. The summed E-state index contributed by atoms with van der Waals surface area (Å²) in [5.41, 5.74) is -2.06. The van der Waals surface area contributed by atoms with Crippen LogP contribution in [-0.4, -0.2) is 230 Å². The number of piperidine rings is 4. The minimum Gasteiger partial charge on any atom is -1.00 e. The van der Waals surface area contributed by atoms with Gasteiger partial charge in [0.2, 0.25) is 8.32 Å². The molecule has 0 aliphatic carbocycles. The number of carbonyl (C=O) groups is 7. The number of ether oxygens (including phenoxy) is 4. The van der Waals surface area contributed by atoms with E-state index in [9.17, 15) is 55.1 Å². The predicted octanol–water partition coefficient (Wildman–Crippen LogP) is 6.52. The van der Waals surface area contributed by atoms with Gasteiger partial charge in [-0.15, -0.1) is 0 Å². The monoisotopic (exact) mass is 1270 g/mol. The van der Waals surface area contributed by atoms with Gasteiger partial charge in [0.25, 0.3) is 0 Å². The van der Waals surface area contributed by atoms with E-state index >= 15 is 0 Å². The number of ketones is 2. The molecule has 4 amide bonds. The van der Waals surface area contributed by atoms with Crippen molar-refractivity contribution < 1.29 is 136 Å². The molecule has 85 heavy (non-hydrogen) atoms. The van der Waals surface area contributed by atoms with Crippen molar-refractivity contribution in [2.75, 3.05) is 72.1 Å². The quantitative estimate of drug-likeness (QED) is 0.112. The molecule has 4 fully saturated rings. The summed E-state index contributed by atoms with van der Waals surface area (Å²) in [6.45, 7) is 35.9. The SMILES string of the molecule is C.CC(C)(C)OC(=O)N1CC=C(O[Si](C)(C)C)CC1.CC(C)(C)OC(=O)N1CCC(=O)C(F)C1.CC(C)(C)OC(=O)N1CCC(=O)CC1.CC(C)(C)OC(=O)N1CCC(O)C(F)C1.CCO.O=C(O)C(F)(F)F.OC1CCNCC1F.[2H]CC.[B].[H-].[Na+]. The summed E-state index contributed by atoms with van der Waals surface area (Å²) in [6.07, 6.45) is -7.82. The molecule has 5 atom stereocenters. The van der Waals surface area contributed by atoms with E-state index in [1.165, 1.54) is 9.80 Å². The average Bonchev–Trinajstić information content (AvgIpc) is 3.31. The van der Waals surface area contributed by atoms with E-state index in [0.29, 0.717) is 65.4 Å². The molecule has 4 saturated heterocycles. The number of carboxylic acid groups (broad SMARTS) is 1. The Balaban J connectivity index is -0.000000175. The van der Waals surface area contributed by atoms with Crippen molar-refractivity contribution in [2.24, 2.45) is 0 Å². The largest absolute Gasteiger partial charge is 1.00 e. The zero-order chi connectivity index (χ0) is 65.5. The molecule has 30 heteroatoms. The topological polar surface area (TPSA) is 272 Å². The van der Waals surface area contributed by atoms with Crippen molar-refractivity contribution in [1.29, 1.82) is 0 Å². The summed E-state index contributed by atoms with van der Waals surface area (Å²) in [5.74, 6) is -1.94. The Bertz CT molecular complexity index is 1980. The summed E-state index contributed by atoms with van der Waals surface area (Å²) >= 11 is 0. The number of aliphatic hydroxyl groups is 3. The van der Waals surface area contributed by atoms with Crippen LogP contribution in [0.4, 0.5) is 45.5 Å². The van der Waals surface area contributed by atoms with Crippen LogP contribution in [0.3, 0.4) is 0 Å². The Morgan fingerprint density at radius 1 is 0.671 bits per heavy atom. The van der Waals surface area contributed by atoms with Gasteiger partial charge in [-0.25, -0.2) is 37.1 Å². The van der Waals surface area contributed by atoms with Gasteiger partial charge in [0, 0.05) is 87.9 Å². The zero-order valence-electron chi connectivity index (χ0n) is 55.0. The van der Waals surface area contributed by atoms with E-state index in [0.717, 1.165) is 18.7 Å². The number of nitrogens with one attached hydrogen (secondary N) is 1. The Labute approximate surface area is 529 Å². The second kappa shape index (κ2) is 43.7. The third-order valence-electron chi connectivity index (χ3n) is 10.0. The van der Waals surface area contributed by atoms with Crippen LogP contribution in [0.25, 0.3) is 0 Å². The fourth-order valence-electron chi connectivity index (χ4n) is 6.37. The van der Waals surface area contributed by atoms with Gasteiger partial charge in [-0.3, -0.25) is 9.59 Å². The number of nitrogens with zero attached hydrogens (tertiary/aromatic N) is 4. The van der Waals surface area contributed by atoms with Crippen molar-refractivity contribution in [1.82, 2.24) is 24.9 Å². The molecule has 0 spiro atoms. The van der Waals surface area contributed by atoms with E-state index in [1.807, 2.05) is 47.6 Å². The normalized spacial score (nSPS) is 20.7. The molecule has 5 unspecified atom stereocenters. The Morgan fingerprint density at radius 2 is 1.02 bits per heavy atom. The average molecular weight is 1270 g/mol. The number of Topliss-reactive ketones (excluding diaryl/α,β-unsaturated/α-hetero) is 2. The van der Waals surface area contributed by atoms with E-state index in [-0.39, 0.29) is 104 Å².